The first-order valence-electron chi connectivity index (χ1n) is 3.45. The van der Waals surface area contributed by atoms with Crippen LogP contribution in [0.4, 0.5) is 18.9 Å². The summed E-state index contributed by atoms with van der Waals surface area (Å²) in [4.78, 5) is 0. The van der Waals surface area contributed by atoms with Gasteiger partial charge in [0, 0.05) is 0 Å². The van der Waals surface area contributed by atoms with Crippen LogP contribution in [0.2, 0.25) is 5.02 Å². The van der Waals surface area contributed by atoms with Crippen molar-refractivity contribution in [2.45, 2.75) is 13.1 Å². The van der Waals surface area contributed by atoms with E-state index in [9.17, 15) is 13.2 Å². The van der Waals surface area contributed by atoms with Crippen LogP contribution < -0.4 is 5.73 Å². The van der Waals surface area contributed by atoms with Crippen LogP contribution in [-0.4, -0.2) is 0 Å². The molecule has 1 aromatic carbocycles. The first-order chi connectivity index (χ1) is 5.82. The second kappa shape index (κ2) is 4.28. The van der Waals surface area contributed by atoms with Crippen molar-refractivity contribution in [1.29, 1.82) is 0 Å². The smallest absolute Gasteiger partial charge is 0.397 e. The van der Waals surface area contributed by atoms with Crippen LogP contribution >= 0.6 is 24.0 Å². The van der Waals surface area contributed by atoms with Crippen molar-refractivity contribution in [3.63, 3.8) is 0 Å². The van der Waals surface area contributed by atoms with Crippen LogP contribution in [0.3, 0.4) is 0 Å². The third kappa shape index (κ3) is 2.69. The van der Waals surface area contributed by atoms with Crippen molar-refractivity contribution in [3.8, 4) is 0 Å². The monoisotopic (exact) mass is 245 g/mol. The van der Waals surface area contributed by atoms with Gasteiger partial charge in [0.1, 0.15) is 0 Å². The number of anilines is 1. The van der Waals surface area contributed by atoms with Crippen molar-refractivity contribution >= 4 is 29.7 Å². The fourth-order valence-corrected chi connectivity index (χ4v) is 1.19. The van der Waals surface area contributed by atoms with E-state index in [1.54, 1.807) is 0 Å². The van der Waals surface area contributed by atoms with Gasteiger partial charge < -0.3 is 5.73 Å². The summed E-state index contributed by atoms with van der Waals surface area (Å²) in [6.45, 7) is 1.48. The summed E-state index contributed by atoms with van der Waals surface area (Å²) in [5.41, 5.74) is 5.14. The number of halogens is 5. The summed E-state index contributed by atoms with van der Waals surface area (Å²) in [6.07, 6.45) is -4.37. The molecular formula is C8H8Cl2F3N. The average molecular weight is 246 g/mol. The zero-order chi connectivity index (χ0) is 10.2. The van der Waals surface area contributed by atoms with Gasteiger partial charge in [0.15, 0.2) is 0 Å². The fourth-order valence-electron chi connectivity index (χ4n) is 0.919. The predicted octanol–water partition coefficient (Wildman–Crippen LogP) is 3.67. The highest BCUT2D eigenvalue weighted by atomic mass is 35.5. The van der Waals surface area contributed by atoms with Crippen LogP contribution in [0.1, 0.15) is 11.1 Å². The first-order valence-corrected chi connectivity index (χ1v) is 3.83. The van der Waals surface area contributed by atoms with Crippen molar-refractivity contribution in [2.24, 2.45) is 0 Å². The minimum Gasteiger partial charge on any atom is -0.397 e. The van der Waals surface area contributed by atoms with Crippen LogP contribution in [0.15, 0.2) is 12.1 Å². The summed E-state index contributed by atoms with van der Waals surface area (Å²) in [6, 6.07) is 1.80. The first kappa shape index (κ1) is 13.4. The van der Waals surface area contributed by atoms with Gasteiger partial charge in [-0.25, -0.2) is 0 Å². The van der Waals surface area contributed by atoms with Gasteiger partial charge in [-0.15, -0.1) is 12.4 Å². The summed E-state index contributed by atoms with van der Waals surface area (Å²) in [7, 11) is 0. The van der Waals surface area contributed by atoms with E-state index in [1.165, 1.54) is 6.92 Å². The zero-order valence-electron chi connectivity index (χ0n) is 7.15. The molecular weight excluding hydrogens is 238 g/mol. The van der Waals surface area contributed by atoms with Crippen molar-refractivity contribution in [3.05, 3.63) is 28.3 Å². The summed E-state index contributed by atoms with van der Waals surface area (Å²) < 4.78 is 36.5. The minimum atomic E-state index is -4.37. The van der Waals surface area contributed by atoms with Gasteiger partial charge >= 0.3 is 6.18 Å². The molecule has 6 heteroatoms. The molecule has 0 spiro atoms. The summed E-state index contributed by atoms with van der Waals surface area (Å²) in [5, 5.41) is -0.0627. The Balaban J connectivity index is 0.00000169. The third-order valence-electron chi connectivity index (χ3n) is 1.66. The summed E-state index contributed by atoms with van der Waals surface area (Å²) >= 11 is 5.50. The maximum absolute atomic E-state index is 12.2. The Hall–Kier alpha value is -0.610. The van der Waals surface area contributed by atoms with E-state index < -0.39 is 11.7 Å². The largest absolute Gasteiger partial charge is 0.416 e. The van der Waals surface area contributed by atoms with Gasteiger partial charge in [0.2, 0.25) is 0 Å². The van der Waals surface area contributed by atoms with Crippen LogP contribution in [0.5, 0.6) is 0 Å². The Morgan fingerprint density at radius 3 is 2.14 bits per heavy atom. The Labute approximate surface area is 90.5 Å². The van der Waals surface area contributed by atoms with Crippen LogP contribution in [-0.2, 0) is 6.18 Å². The van der Waals surface area contributed by atoms with Crippen molar-refractivity contribution in [2.75, 3.05) is 5.73 Å². The number of rotatable bonds is 0. The van der Waals surface area contributed by atoms with Gasteiger partial charge in [-0.3, -0.25) is 0 Å². The molecule has 80 valence electrons. The molecule has 2 N–H and O–H groups in total. The Morgan fingerprint density at radius 1 is 1.29 bits per heavy atom. The summed E-state index contributed by atoms with van der Waals surface area (Å²) in [5.74, 6) is 0. The minimum absolute atomic E-state index is 0. The molecule has 0 aliphatic carbocycles. The predicted molar refractivity (Wildman–Crippen MR) is 52.9 cm³/mol. The number of benzene rings is 1. The molecule has 0 heterocycles. The van der Waals surface area contributed by atoms with E-state index in [-0.39, 0.29) is 23.1 Å². The maximum Gasteiger partial charge on any atom is 0.416 e. The topological polar surface area (TPSA) is 26.0 Å². The normalized spacial score (nSPS) is 10.9. The number of nitrogen functional groups attached to an aromatic ring is 1. The number of alkyl halides is 3. The van der Waals surface area contributed by atoms with E-state index in [0.717, 1.165) is 12.1 Å². The fraction of sp³-hybridized carbons (Fsp3) is 0.250. The standard InChI is InChI=1S/C8H7ClF3N.ClH/c1-4-2-5(8(10,11)12)3-6(9)7(4)13;/h2-3H,13H2,1H3;1H. The second-order valence-electron chi connectivity index (χ2n) is 2.69. The van der Waals surface area contributed by atoms with Gasteiger partial charge in [0.25, 0.3) is 0 Å². The Bertz CT molecular complexity index is 313. The SMILES string of the molecule is Cc1cc(C(F)(F)F)cc(Cl)c1N.Cl. The highest BCUT2D eigenvalue weighted by Gasteiger charge is 2.31. The lowest BCUT2D eigenvalue weighted by molar-refractivity contribution is -0.137. The Kier molecular flexibility index (Phi) is 4.09. The molecule has 14 heavy (non-hydrogen) atoms. The number of aryl methyl sites for hydroxylation is 1. The molecule has 0 aliphatic heterocycles. The molecule has 0 saturated heterocycles. The van der Waals surface area contributed by atoms with Gasteiger partial charge in [-0.05, 0) is 24.6 Å². The van der Waals surface area contributed by atoms with Crippen LogP contribution in [0.25, 0.3) is 0 Å². The molecule has 0 aromatic heterocycles. The van der Waals surface area contributed by atoms with E-state index >= 15 is 0 Å². The molecule has 0 radical (unpaired) electrons. The quantitative estimate of drug-likeness (QED) is 0.694. The average Bonchev–Trinajstić information content (AvgIpc) is 1.97. The molecule has 0 aliphatic rings. The third-order valence-corrected chi connectivity index (χ3v) is 1.98. The molecule has 1 rings (SSSR count). The van der Waals surface area contributed by atoms with Crippen molar-refractivity contribution < 1.29 is 13.2 Å². The Morgan fingerprint density at radius 2 is 1.79 bits per heavy atom. The lowest BCUT2D eigenvalue weighted by Gasteiger charge is -2.10. The van der Waals surface area contributed by atoms with Gasteiger partial charge in [-0.1, -0.05) is 11.6 Å². The second-order valence-corrected chi connectivity index (χ2v) is 3.09. The molecule has 0 bridgehead atoms. The highest BCUT2D eigenvalue weighted by molar-refractivity contribution is 6.33. The van der Waals surface area contributed by atoms with Gasteiger partial charge in [0.05, 0.1) is 16.3 Å². The molecule has 1 nitrogen and oxygen atoms in total. The van der Waals surface area contributed by atoms with Crippen molar-refractivity contribution in [1.82, 2.24) is 0 Å². The van der Waals surface area contributed by atoms with E-state index in [1.807, 2.05) is 0 Å². The molecule has 0 atom stereocenters. The van der Waals surface area contributed by atoms with Crippen LogP contribution in [0, 0.1) is 6.92 Å². The number of nitrogens with two attached hydrogens (primary N) is 1. The lowest BCUT2D eigenvalue weighted by atomic mass is 10.1. The zero-order valence-corrected chi connectivity index (χ0v) is 8.72. The number of hydrogen-bond acceptors (Lipinski definition) is 1. The molecule has 0 amide bonds. The molecule has 0 unspecified atom stereocenters. The number of hydrogen-bond donors (Lipinski definition) is 1. The van der Waals surface area contributed by atoms with E-state index in [2.05, 4.69) is 0 Å². The highest BCUT2D eigenvalue weighted by Crippen LogP contribution is 2.34. The maximum atomic E-state index is 12.2. The molecule has 1 aromatic rings. The lowest BCUT2D eigenvalue weighted by Crippen LogP contribution is -2.06. The molecule has 0 fully saturated rings. The van der Waals surface area contributed by atoms with Gasteiger partial charge in [-0.2, -0.15) is 13.2 Å². The van der Waals surface area contributed by atoms with E-state index in [4.69, 9.17) is 17.3 Å². The molecule has 0 saturated carbocycles. The van der Waals surface area contributed by atoms with E-state index in [0.29, 0.717) is 5.56 Å².